The predicted molar refractivity (Wildman–Crippen MR) is 107 cm³/mol. The molecule has 3 heterocycles. The van der Waals surface area contributed by atoms with Gasteiger partial charge in [0, 0.05) is 50.5 Å². The molecule has 0 saturated carbocycles. The molecule has 2 aromatic heterocycles. The summed E-state index contributed by atoms with van der Waals surface area (Å²) in [4.78, 5) is 20.6. The van der Waals surface area contributed by atoms with Crippen LogP contribution in [-0.4, -0.2) is 70.1 Å². The van der Waals surface area contributed by atoms with E-state index in [0.29, 0.717) is 6.54 Å². The van der Waals surface area contributed by atoms with E-state index in [9.17, 15) is 5.11 Å². The highest BCUT2D eigenvalue weighted by Crippen LogP contribution is 2.25. The number of aromatic nitrogens is 3. The Hall–Kier alpha value is -2.09. The second-order valence-electron chi connectivity index (χ2n) is 7.31. The number of nitrogens with zero attached hydrogens (tertiary/aromatic N) is 6. The third-order valence-electron chi connectivity index (χ3n) is 5.32. The molecule has 0 bridgehead atoms. The van der Waals surface area contributed by atoms with Gasteiger partial charge < -0.3 is 14.9 Å². The molecular weight excluding hydrogens is 340 g/mol. The second kappa shape index (κ2) is 8.73. The van der Waals surface area contributed by atoms with Crippen LogP contribution in [-0.2, 0) is 13.2 Å². The average Bonchev–Trinajstić information content (AvgIpc) is 2.68. The van der Waals surface area contributed by atoms with Crippen LogP contribution in [0.4, 0.5) is 5.82 Å². The van der Waals surface area contributed by atoms with Gasteiger partial charge in [0.15, 0.2) is 0 Å². The number of anilines is 1. The van der Waals surface area contributed by atoms with E-state index in [-0.39, 0.29) is 12.6 Å². The van der Waals surface area contributed by atoms with Crippen molar-refractivity contribution >= 4 is 5.82 Å². The van der Waals surface area contributed by atoms with Gasteiger partial charge in [-0.15, -0.1) is 0 Å². The van der Waals surface area contributed by atoms with E-state index >= 15 is 0 Å². The molecule has 2 aromatic rings. The normalized spacial score (nSPS) is 16.7. The van der Waals surface area contributed by atoms with Gasteiger partial charge in [-0.2, -0.15) is 0 Å². The van der Waals surface area contributed by atoms with E-state index < -0.39 is 0 Å². The summed E-state index contributed by atoms with van der Waals surface area (Å²) in [5, 5.41) is 10.1. The summed E-state index contributed by atoms with van der Waals surface area (Å²) in [7, 11) is 4.20. The Labute approximate surface area is 161 Å². The van der Waals surface area contributed by atoms with Crippen LogP contribution in [0.15, 0.2) is 24.4 Å². The molecule has 1 unspecified atom stereocenters. The summed E-state index contributed by atoms with van der Waals surface area (Å²) < 4.78 is 0. The van der Waals surface area contributed by atoms with Crippen molar-refractivity contribution in [2.45, 2.75) is 33.0 Å². The van der Waals surface area contributed by atoms with Crippen LogP contribution in [0.25, 0.3) is 0 Å². The zero-order valence-electron chi connectivity index (χ0n) is 16.8. The van der Waals surface area contributed by atoms with Crippen molar-refractivity contribution in [1.29, 1.82) is 0 Å². The van der Waals surface area contributed by atoms with Crippen LogP contribution in [0.5, 0.6) is 0 Å². The highest BCUT2D eigenvalue weighted by molar-refractivity contribution is 5.49. The molecule has 27 heavy (non-hydrogen) atoms. The van der Waals surface area contributed by atoms with Gasteiger partial charge in [-0.1, -0.05) is 6.07 Å². The lowest BCUT2D eigenvalue weighted by atomic mass is 10.1. The molecule has 1 aliphatic heterocycles. The van der Waals surface area contributed by atoms with Crippen LogP contribution in [0.2, 0.25) is 0 Å². The lowest BCUT2D eigenvalue weighted by Gasteiger charge is -2.35. The highest BCUT2D eigenvalue weighted by atomic mass is 16.3. The topological polar surface area (TPSA) is 68.6 Å². The number of rotatable bonds is 6. The quantitative estimate of drug-likeness (QED) is 0.829. The number of aliphatic hydroxyl groups is 1. The SMILES string of the molecule is Cc1nc(CN(C)C(C)c2ccccn2)c(CO)c(N2CCN(C)CC2)n1. The molecule has 3 rings (SSSR count). The van der Waals surface area contributed by atoms with E-state index in [1.54, 1.807) is 0 Å². The number of likely N-dealkylation sites (N-methyl/N-ethyl adjacent to an activating group) is 1. The Balaban J connectivity index is 1.84. The van der Waals surface area contributed by atoms with Gasteiger partial charge in [-0.25, -0.2) is 9.97 Å². The molecule has 0 amide bonds. The van der Waals surface area contributed by atoms with Crippen molar-refractivity contribution in [3.8, 4) is 0 Å². The number of hydrogen-bond donors (Lipinski definition) is 1. The Kier molecular flexibility index (Phi) is 6.36. The Morgan fingerprint density at radius 2 is 1.93 bits per heavy atom. The zero-order valence-corrected chi connectivity index (χ0v) is 16.8. The summed E-state index contributed by atoms with van der Waals surface area (Å²) in [6.45, 7) is 8.47. The van der Waals surface area contributed by atoms with Crippen LogP contribution < -0.4 is 4.90 Å². The van der Waals surface area contributed by atoms with Gasteiger partial charge in [0.25, 0.3) is 0 Å². The number of piperazine rings is 1. The highest BCUT2D eigenvalue weighted by Gasteiger charge is 2.23. The van der Waals surface area contributed by atoms with E-state index in [2.05, 4.69) is 50.7 Å². The van der Waals surface area contributed by atoms with Crippen LogP contribution in [0.1, 0.15) is 35.7 Å². The number of hydrogen-bond acceptors (Lipinski definition) is 7. The second-order valence-corrected chi connectivity index (χ2v) is 7.31. The van der Waals surface area contributed by atoms with Crippen LogP contribution >= 0.6 is 0 Å². The fraction of sp³-hybridized carbons (Fsp3) is 0.550. The van der Waals surface area contributed by atoms with Crippen LogP contribution in [0, 0.1) is 6.92 Å². The summed E-state index contributed by atoms with van der Waals surface area (Å²) >= 11 is 0. The summed E-state index contributed by atoms with van der Waals surface area (Å²) in [5.41, 5.74) is 2.75. The summed E-state index contributed by atoms with van der Waals surface area (Å²) in [6, 6.07) is 6.12. The smallest absolute Gasteiger partial charge is 0.138 e. The van der Waals surface area contributed by atoms with Crippen molar-refractivity contribution in [2.24, 2.45) is 0 Å². The Morgan fingerprint density at radius 3 is 2.56 bits per heavy atom. The van der Waals surface area contributed by atoms with E-state index in [0.717, 1.165) is 54.8 Å². The van der Waals surface area contributed by atoms with Crippen molar-refractivity contribution < 1.29 is 5.11 Å². The van der Waals surface area contributed by atoms with Gasteiger partial charge in [0.2, 0.25) is 0 Å². The van der Waals surface area contributed by atoms with Gasteiger partial charge in [0.1, 0.15) is 11.6 Å². The first-order valence-electron chi connectivity index (χ1n) is 9.51. The molecular formula is C20H30N6O. The molecule has 1 fully saturated rings. The lowest BCUT2D eigenvalue weighted by Crippen LogP contribution is -2.45. The monoisotopic (exact) mass is 370 g/mol. The van der Waals surface area contributed by atoms with Gasteiger partial charge in [-0.3, -0.25) is 9.88 Å². The third-order valence-corrected chi connectivity index (χ3v) is 5.32. The van der Waals surface area contributed by atoms with Gasteiger partial charge in [0.05, 0.1) is 18.0 Å². The third kappa shape index (κ3) is 4.61. The van der Waals surface area contributed by atoms with Crippen molar-refractivity contribution in [2.75, 3.05) is 45.2 Å². The molecule has 7 nitrogen and oxygen atoms in total. The minimum atomic E-state index is -0.0525. The molecule has 1 saturated heterocycles. The molecule has 146 valence electrons. The lowest BCUT2D eigenvalue weighted by molar-refractivity contribution is 0.237. The average molecular weight is 371 g/mol. The molecule has 1 aliphatic rings. The molecule has 0 aromatic carbocycles. The first-order chi connectivity index (χ1) is 13.0. The predicted octanol–water partition coefficient (Wildman–Crippen LogP) is 1.62. The fourth-order valence-corrected chi connectivity index (χ4v) is 3.43. The Bertz CT molecular complexity index is 746. The van der Waals surface area contributed by atoms with Crippen molar-refractivity contribution in [3.05, 3.63) is 47.2 Å². The molecule has 0 radical (unpaired) electrons. The fourth-order valence-electron chi connectivity index (χ4n) is 3.43. The minimum absolute atomic E-state index is 0.0525. The van der Waals surface area contributed by atoms with Crippen LogP contribution in [0.3, 0.4) is 0 Å². The van der Waals surface area contributed by atoms with Gasteiger partial charge in [-0.05, 0) is 40.1 Å². The zero-order chi connectivity index (χ0) is 19.4. The van der Waals surface area contributed by atoms with Gasteiger partial charge >= 0.3 is 0 Å². The summed E-state index contributed by atoms with van der Waals surface area (Å²) in [5.74, 6) is 1.63. The standard InChI is InChI=1S/C20H30N6O/c1-15(18-7-5-6-8-21-18)25(4)13-19-17(14-27)20(23-16(2)22-19)26-11-9-24(3)10-12-26/h5-8,15,27H,9-14H2,1-4H3. The van der Waals surface area contributed by atoms with Crippen molar-refractivity contribution in [3.63, 3.8) is 0 Å². The summed E-state index contributed by atoms with van der Waals surface area (Å²) in [6.07, 6.45) is 1.82. The molecule has 1 N–H and O–H groups in total. The van der Waals surface area contributed by atoms with E-state index in [1.807, 2.05) is 31.3 Å². The number of aryl methyl sites for hydroxylation is 1. The van der Waals surface area contributed by atoms with E-state index in [1.165, 1.54) is 0 Å². The number of aliphatic hydroxyl groups excluding tert-OH is 1. The molecule has 7 heteroatoms. The molecule has 1 atom stereocenters. The number of pyridine rings is 1. The molecule has 0 spiro atoms. The Morgan fingerprint density at radius 1 is 1.19 bits per heavy atom. The maximum absolute atomic E-state index is 10.1. The maximum atomic E-state index is 10.1. The first-order valence-corrected chi connectivity index (χ1v) is 9.51. The van der Waals surface area contributed by atoms with E-state index in [4.69, 9.17) is 0 Å². The first kappa shape index (κ1) is 19.7. The molecule has 0 aliphatic carbocycles. The maximum Gasteiger partial charge on any atom is 0.138 e. The minimum Gasteiger partial charge on any atom is -0.391 e. The largest absolute Gasteiger partial charge is 0.391 e. The van der Waals surface area contributed by atoms with Crippen molar-refractivity contribution in [1.82, 2.24) is 24.8 Å².